The molecule has 0 bridgehead atoms. The van der Waals surface area contributed by atoms with Crippen molar-refractivity contribution in [1.29, 1.82) is 0 Å². The summed E-state index contributed by atoms with van der Waals surface area (Å²) in [5.41, 5.74) is 9.02. The highest BCUT2D eigenvalue weighted by Crippen LogP contribution is 2.45. The van der Waals surface area contributed by atoms with E-state index >= 15 is 0 Å². The summed E-state index contributed by atoms with van der Waals surface area (Å²) in [7, 11) is 0. The quantitative estimate of drug-likeness (QED) is 0.210. The topological polar surface area (TPSA) is 75.3 Å². The fraction of sp³-hybridized carbons (Fsp3) is 0.188. The minimum atomic E-state index is -0.956. The van der Waals surface area contributed by atoms with Gasteiger partial charge >= 0.3 is 5.97 Å². The Morgan fingerprint density at radius 1 is 0.892 bits per heavy atom. The third-order valence-corrected chi connectivity index (χ3v) is 6.95. The van der Waals surface area contributed by atoms with E-state index in [0.29, 0.717) is 12.5 Å². The van der Waals surface area contributed by atoms with Crippen LogP contribution in [0.2, 0.25) is 0 Å². The van der Waals surface area contributed by atoms with E-state index in [1.807, 2.05) is 24.5 Å². The smallest absolute Gasteiger partial charge is 0.328 e. The van der Waals surface area contributed by atoms with Crippen LogP contribution in [-0.2, 0) is 11.3 Å². The van der Waals surface area contributed by atoms with Crippen molar-refractivity contribution in [3.8, 4) is 11.1 Å². The van der Waals surface area contributed by atoms with Gasteiger partial charge in [0, 0.05) is 17.8 Å². The van der Waals surface area contributed by atoms with Gasteiger partial charge in [0.2, 0.25) is 0 Å². The van der Waals surface area contributed by atoms with Crippen LogP contribution >= 0.6 is 0 Å². The average molecular weight is 491 g/mol. The van der Waals surface area contributed by atoms with E-state index in [1.54, 1.807) is 10.8 Å². The summed E-state index contributed by atoms with van der Waals surface area (Å²) in [6, 6.07) is 27.4. The molecule has 3 aromatic carbocycles. The van der Waals surface area contributed by atoms with Crippen LogP contribution < -0.4 is 0 Å². The molecule has 1 fully saturated rings. The molecule has 0 spiro atoms. The lowest BCUT2D eigenvalue weighted by Gasteiger charge is -2.31. The summed E-state index contributed by atoms with van der Waals surface area (Å²) < 4.78 is 1.75. The number of aliphatic hydroxyl groups is 1. The first-order valence-electron chi connectivity index (χ1n) is 12.7. The molecule has 5 nitrogen and oxygen atoms in total. The number of hydrogen-bond acceptors (Lipinski definition) is 3. The van der Waals surface area contributed by atoms with E-state index in [-0.39, 0.29) is 6.61 Å². The lowest BCUT2D eigenvalue weighted by atomic mass is 9.73. The maximum atomic E-state index is 10.9. The second-order valence-electron chi connectivity index (χ2n) is 9.37. The molecule has 1 heterocycles. The van der Waals surface area contributed by atoms with Gasteiger partial charge in [-0.3, -0.25) is 4.68 Å². The number of hydrogen-bond donors (Lipinski definition) is 2. The predicted molar refractivity (Wildman–Crippen MR) is 148 cm³/mol. The summed E-state index contributed by atoms with van der Waals surface area (Å²) in [5, 5.41) is 22.5. The molecule has 0 atom stereocenters. The number of allylic oxidation sites excluding steroid dienone is 1. The molecule has 1 aromatic heterocycles. The predicted octanol–water partition coefficient (Wildman–Crippen LogP) is 6.40. The number of carboxylic acid groups (broad SMARTS) is 1. The first-order chi connectivity index (χ1) is 18.1. The van der Waals surface area contributed by atoms with Gasteiger partial charge in [-0.1, -0.05) is 85.3 Å². The minimum absolute atomic E-state index is 0.0581. The Labute approximate surface area is 217 Å². The molecule has 0 amide bonds. The van der Waals surface area contributed by atoms with Gasteiger partial charge in [0.05, 0.1) is 19.3 Å². The van der Waals surface area contributed by atoms with Crippen LogP contribution in [-0.4, -0.2) is 32.6 Å². The summed E-state index contributed by atoms with van der Waals surface area (Å²) in [4.78, 5) is 10.9. The van der Waals surface area contributed by atoms with E-state index in [0.717, 1.165) is 33.9 Å². The second-order valence-corrected chi connectivity index (χ2v) is 9.37. The van der Waals surface area contributed by atoms with Crippen molar-refractivity contribution >= 4 is 23.2 Å². The Morgan fingerprint density at radius 2 is 1.57 bits per heavy atom. The van der Waals surface area contributed by atoms with E-state index in [2.05, 4.69) is 71.8 Å². The second kappa shape index (κ2) is 11.2. The number of rotatable bonds is 9. The maximum Gasteiger partial charge on any atom is 0.328 e. The van der Waals surface area contributed by atoms with E-state index in [9.17, 15) is 9.90 Å². The number of carboxylic acids is 1. The third kappa shape index (κ3) is 5.63. The van der Waals surface area contributed by atoms with E-state index < -0.39 is 5.97 Å². The van der Waals surface area contributed by atoms with Gasteiger partial charge in [-0.25, -0.2) is 4.79 Å². The fourth-order valence-corrected chi connectivity index (χ4v) is 4.87. The number of aromatic nitrogens is 2. The van der Waals surface area contributed by atoms with E-state index in [1.165, 1.54) is 36.0 Å². The molecule has 186 valence electrons. The summed E-state index contributed by atoms with van der Waals surface area (Å²) in [6.07, 6.45) is 10.2. The van der Waals surface area contributed by atoms with Gasteiger partial charge in [0.1, 0.15) is 0 Å². The van der Waals surface area contributed by atoms with Gasteiger partial charge in [-0.05, 0) is 63.8 Å². The molecule has 0 unspecified atom stereocenters. The highest BCUT2D eigenvalue weighted by Gasteiger charge is 2.27. The molecule has 0 aliphatic heterocycles. The van der Waals surface area contributed by atoms with Crippen LogP contribution in [0.15, 0.2) is 97.3 Å². The standard InChI is InChI=1S/C32H30N2O3/c35-20-19-34-22-29(21-33-34)24-14-16-28(17-15-24)32(27-12-9-23(10-13-27)11-18-30(36)37)31(26-7-4-8-26)25-5-2-1-3-6-25/h1-3,5-6,9-18,21-22,26,35H,4,7-8,19-20H2,(H,36,37)/b18-11?,32-31-. The Bertz CT molecular complexity index is 1410. The molecule has 5 heteroatoms. The minimum Gasteiger partial charge on any atom is -0.478 e. The molecule has 0 saturated heterocycles. The number of nitrogens with zero attached hydrogens (tertiary/aromatic N) is 2. The summed E-state index contributed by atoms with van der Waals surface area (Å²) >= 11 is 0. The Morgan fingerprint density at radius 3 is 2.16 bits per heavy atom. The van der Waals surface area contributed by atoms with Gasteiger partial charge in [0.25, 0.3) is 0 Å². The Balaban J connectivity index is 1.60. The molecule has 1 aliphatic carbocycles. The summed E-state index contributed by atoms with van der Waals surface area (Å²) in [6.45, 7) is 0.535. The molecule has 2 N–H and O–H groups in total. The molecule has 1 aliphatic rings. The van der Waals surface area contributed by atoms with Crippen LogP contribution in [0.4, 0.5) is 0 Å². The average Bonchev–Trinajstić information content (AvgIpc) is 3.36. The fourth-order valence-electron chi connectivity index (χ4n) is 4.87. The monoisotopic (exact) mass is 490 g/mol. The Hall–Kier alpha value is -4.22. The highest BCUT2D eigenvalue weighted by molar-refractivity contribution is 6.00. The SMILES string of the molecule is O=C(O)C=Cc1ccc(/C(=C(\c2ccccc2)C2CCC2)c2ccc(-c3cnn(CCO)c3)cc2)cc1. The number of benzene rings is 3. The molecule has 1 saturated carbocycles. The number of carbonyl (C=O) groups is 1. The van der Waals surface area contributed by atoms with Crippen molar-refractivity contribution in [2.75, 3.05) is 6.61 Å². The molecule has 4 aromatic rings. The van der Waals surface area contributed by atoms with Crippen LogP contribution in [0.25, 0.3) is 28.3 Å². The molecule has 37 heavy (non-hydrogen) atoms. The first kappa shape index (κ1) is 24.5. The van der Waals surface area contributed by atoms with Crippen LogP contribution in [0.1, 0.15) is 41.5 Å². The van der Waals surface area contributed by atoms with Crippen molar-refractivity contribution in [3.63, 3.8) is 0 Å². The van der Waals surface area contributed by atoms with Crippen molar-refractivity contribution in [2.45, 2.75) is 25.8 Å². The number of aliphatic hydroxyl groups excluding tert-OH is 1. The van der Waals surface area contributed by atoms with E-state index in [4.69, 9.17) is 5.11 Å². The lowest BCUT2D eigenvalue weighted by molar-refractivity contribution is -0.131. The molecule has 0 radical (unpaired) electrons. The Kier molecular flexibility index (Phi) is 7.43. The van der Waals surface area contributed by atoms with Crippen molar-refractivity contribution in [1.82, 2.24) is 9.78 Å². The van der Waals surface area contributed by atoms with Gasteiger partial charge in [-0.15, -0.1) is 0 Å². The van der Waals surface area contributed by atoms with Crippen LogP contribution in [0.3, 0.4) is 0 Å². The third-order valence-electron chi connectivity index (χ3n) is 6.95. The highest BCUT2D eigenvalue weighted by atomic mass is 16.4. The van der Waals surface area contributed by atoms with Gasteiger partial charge < -0.3 is 10.2 Å². The largest absolute Gasteiger partial charge is 0.478 e. The zero-order valence-electron chi connectivity index (χ0n) is 20.6. The van der Waals surface area contributed by atoms with Crippen molar-refractivity contribution in [2.24, 2.45) is 5.92 Å². The molecular formula is C32H30N2O3. The van der Waals surface area contributed by atoms with Gasteiger partial charge in [0.15, 0.2) is 0 Å². The van der Waals surface area contributed by atoms with Gasteiger partial charge in [-0.2, -0.15) is 5.10 Å². The normalized spacial score (nSPS) is 14.4. The van der Waals surface area contributed by atoms with Crippen molar-refractivity contribution in [3.05, 3.63) is 120 Å². The number of aliphatic carboxylic acids is 1. The van der Waals surface area contributed by atoms with Crippen molar-refractivity contribution < 1.29 is 15.0 Å². The maximum absolute atomic E-state index is 10.9. The molecular weight excluding hydrogens is 460 g/mol. The first-order valence-corrected chi connectivity index (χ1v) is 12.7. The lowest BCUT2D eigenvalue weighted by Crippen LogP contribution is -2.15. The zero-order chi connectivity index (χ0) is 25.6. The zero-order valence-corrected chi connectivity index (χ0v) is 20.6. The van der Waals surface area contributed by atoms with Crippen LogP contribution in [0, 0.1) is 5.92 Å². The summed E-state index contributed by atoms with van der Waals surface area (Å²) in [5.74, 6) is -0.455. The van der Waals surface area contributed by atoms with Crippen LogP contribution in [0.5, 0.6) is 0 Å². The molecule has 5 rings (SSSR count).